The first-order valence-electron chi connectivity index (χ1n) is 10.1. The Morgan fingerprint density at radius 1 is 1.09 bits per heavy atom. The van der Waals surface area contributed by atoms with Crippen LogP contribution in [0, 0.1) is 13.8 Å². The highest BCUT2D eigenvalue weighted by atomic mass is 79.9. The van der Waals surface area contributed by atoms with Crippen LogP contribution in [0.3, 0.4) is 0 Å². The van der Waals surface area contributed by atoms with Crippen molar-refractivity contribution < 1.29 is 13.9 Å². The van der Waals surface area contributed by atoms with Gasteiger partial charge in [-0.15, -0.1) is 0 Å². The predicted molar refractivity (Wildman–Crippen MR) is 132 cm³/mol. The van der Waals surface area contributed by atoms with E-state index in [1.54, 1.807) is 35.0 Å². The van der Waals surface area contributed by atoms with E-state index in [9.17, 15) is 4.79 Å². The zero-order valence-corrected chi connectivity index (χ0v) is 21.0. The number of carbonyl (C=O) groups excluding carboxylic acids is 1. The lowest BCUT2D eigenvalue weighted by molar-refractivity contribution is 0.0992. The van der Waals surface area contributed by atoms with Gasteiger partial charge in [0.15, 0.2) is 5.76 Å². The Morgan fingerprint density at radius 2 is 1.79 bits per heavy atom. The summed E-state index contributed by atoms with van der Waals surface area (Å²) in [4.78, 5) is 12.8. The van der Waals surface area contributed by atoms with Crippen LogP contribution in [-0.2, 0) is 13.2 Å². The second-order valence-corrected chi connectivity index (χ2v) is 9.10. The summed E-state index contributed by atoms with van der Waals surface area (Å²) in [6, 6.07) is 16.2. The third kappa shape index (κ3) is 5.43. The summed E-state index contributed by atoms with van der Waals surface area (Å²) >= 11 is 16.0. The van der Waals surface area contributed by atoms with E-state index in [-0.39, 0.29) is 18.3 Å². The number of rotatable bonds is 7. The van der Waals surface area contributed by atoms with Crippen LogP contribution in [0.25, 0.3) is 0 Å². The molecule has 6 nitrogen and oxygen atoms in total. The quantitative estimate of drug-likeness (QED) is 0.269. The summed E-state index contributed by atoms with van der Waals surface area (Å²) in [5, 5.41) is 8.56. The summed E-state index contributed by atoms with van der Waals surface area (Å²) in [7, 11) is 0. The summed E-state index contributed by atoms with van der Waals surface area (Å²) in [6.07, 6.45) is 0. The molecule has 2 aromatic carbocycles. The minimum atomic E-state index is -0.369. The minimum absolute atomic E-state index is 0.185. The molecule has 2 heterocycles. The van der Waals surface area contributed by atoms with E-state index in [1.807, 2.05) is 38.1 Å². The van der Waals surface area contributed by atoms with Crippen molar-refractivity contribution in [2.75, 3.05) is 5.32 Å². The number of carbonyl (C=O) groups is 1. The largest absolute Gasteiger partial charge is 0.486 e. The van der Waals surface area contributed by atoms with Gasteiger partial charge in [0.05, 0.1) is 23.6 Å². The van der Waals surface area contributed by atoms with Crippen LogP contribution in [0.5, 0.6) is 5.75 Å². The number of nitrogens with zero attached hydrogens (tertiary/aromatic N) is 2. The lowest BCUT2D eigenvalue weighted by Crippen LogP contribution is -2.12. The number of ether oxygens (including phenoxy) is 1. The molecule has 0 saturated carbocycles. The van der Waals surface area contributed by atoms with Crippen LogP contribution in [0.2, 0.25) is 10.0 Å². The van der Waals surface area contributed by atoms with Crippen molar-refractivity contribution in [3.63, 3.8) is 0 Å². The number of benzene rings is 2. The maximum atomic E-state index is 12.8. The van der Waals surface area contributed by atoms with Crippen molar-refractivity contribution in [2.45, 2.75) is 27.0 Å². The van der Waals surface area contributed by atoms with Crippen LogP contribution >= 0.6 is 39.1 Å². The summed E-state index contributed by atoms with van der Waals surface area (Å²) in [5.41, 5.74) is 2.84. The molecule has 33 heavy (non-hydrogen) atoms. The van der Waals surface area contributed by atoms with Crippen molar-refractivity contribution in [3.8, 4) is 5.75 Å². The fraction of sp³-hybridized carbons (Fsp3) is 0.167. The Hall–Kier alpha value is -2.74. The Labute approximate surface area is 209 Å². The van der Waals surface area contributed by atoms with Gasteiger partial charge in [-0.25, -0.2) is 0 Å². The molecule has 0 saturated heterocycles. The van der Waals surface area contributed by atoms with E-state index in [2.05, 4.69) is 26.3 Å². The smallest absolute Gasteiger partial charge is 0.291 e. The van der Waals surface area contributed by atoms with Crippen LogP contribution in [0.1, 0.15) is 33.3 Å². The molecule has 0 aliphatic carbocycles. The van der Waals surface area contributed by atoms with Gasteiger partial charge in [-0.1, -0.05) is 45.2 Å². The molecule has 0 fully saturated rings. The molecule has 0 unspecified atom stereocenters. The molecule has 1 N–H and O–H groups in total. The van der Waals surface area contributed by atoms with Gasteiger partial charge in [-0.05, 0) is 62.4 Å². The van der Waals surface area contributed by atoms with Gasteiger partial charge in [0, 0.05) is 20.1 Å². The molecule has 4 aromatic rings. The summed E-state index contributed by atoms with van der Waals surface area (Å²) in [6.45, 7) is 4.30. The molecule has 0 atom stereocenters. The zero-order chi connectivity index (χ0) is 23.5. The van der Waals surface area contributed by atoms with Gasteiger partial charge in [0.2, 0.25) is 0 Å². The number of furan rings is 1. The number of aromatic nitrogens is 2. The van der Waals surface area contributed by atoms with E-state index < -0.39 is 0 Å². The Morgan fingerprint density at radius 3 is 2.48 bits per heavy atom. The fourth-order valence-electron chi connectivity index (χ4n) is 3.30. The SMILES string of the molecule is Cc1nn(Cc2c(Cl)cccc2Cl)c(C)c1NC(=O)c1ccc(COc2ccc(Br)cc2)o1. The fourth-order valence-corrected chi connectivity index (χ4v) is 4.08. The molecular formula is C24H20BrCl2N3O3. The van der Waals surface area contributed by atoms with Crippen molar-refractivity contribution in [3.05, 3.63) is 97.6 Å². The molecular weight excluding hydrogens is 529 g/mol. The van der Waals surface area contributed by atoms with E-state index in [1.165, 1.54) is 0 Å². The number of amides is 1. The highest BCUT2D eigenvalue weighted by Crippen LogP contribution is 2.28. The highest BCUT2D eigenvalue weighted by molar-refractivity contribution is 9.10. The highest BCUT2D eigenvalue weighted by Gasteiger charge is 2.19. The molecule has 2 aromatic heterocycles. The lowest BCUT2D eigenvalue weighted by Gasteiger charge is -2.09. The van der Waals surface area contributed by atoms with Gasteiger partial charge in [-0.2, -0.15) is 5.10 Å². The van der Waals surface area contributed by atoms with E-state index in [4.69, 9.17) is 32.4 Å². The molecule has 1 amide bonds. The van der Waals surface area contributed by atoms with Crippen LogP contribution in [0.4, 0.5) is 5.69 Å². The van der Waals surface area contributed by atoms with Gasteiger partial charge >= 0.3 is 0 Å². The first kappa shape index (κ1) is 23.4. The maximum Gasteiger partial charge on any atom is 0.291 e. The Balaban J connectivity index is 1.44. The van der Waals surface area contributed by atoms with Crippen molar-refractivity contribution in [1.29, 1.82) is 0 Å². The summed E-state index contributed by atoms with van der Waals surface area (Å²) < 4.78 is 14.1. The van der Waals surface area contributed by atoms with Gasteiger partial charge in [0.1, 0.15) is 18.1 Å². The molecule has 0 spiro atoms. The van der Waals surface area contributed by atoms with Gasteiger partial charge in [-0.3, -0.25) is 9.48 Å². The normalized spacial score (nSPS) is 10.9. The average molecular weight is 549 g/mol. The molecule has 0 bridgehead atoms. The zero-order valence-electron chi connectivity index (χ0n) is 17.9. The van der Waals surface area contributed by atoms with E-state index in [0.717, 1.165) is 15.7 Å². The molecule has 0 radical (unpaired) electrons. The topological polar surface area (TPSA) is 69.3 Å². The first-order valence-corrected chi connectivity index (χ1v) is 11.6. The number of hydrogen-bond donors (Lipinski definition) is 1. The Kier molecular flexibility index (Phi) is 7.12. The van der Waals surface area contributed by atoms with Gasteiger partial charge in [0.25, 0.3) is 5.91 Å². The molecule has 4 rings (SSSR count). The second-order valence-electron chi connectivity index (χ2n) is 7.37. The number of aryl methyl sites for hydroxylation is 1. The van der Waals surface area contributed by atoms with Crippen molar-refractivity contribution >= 4 is 50.7 Å². The number of anilines is 1. The molecule has 9 heteroatoms. The van der Waals surface area contributed by atoms with Crippen molar-refractivity contribution in [1.82, 2.24) is 9.78 Å². The standard InChI is InChI=1S/C24H20BrCl2N3O3/c1-14-23(15(2)30(29-14)12-19-20(26)4-3-5-21(19)27)28-24(31)22-11-10-18(33-22)13-32-17-8-6-16(25)7-9-17/h3-11H,12-13H2,1-2H3,(H,28,31). The van der Waals surface area contributed by atoms with Crippen LogP contribution < -0.4 is 10.1 Å². The van der Waals surface area contributed by atoms with Crippen molar-refractivity contribution in [2.24, 2.45) is 0 Å². The van der Waals surface area contributed by atoms with E-state index in [0.29, 0.717) is 39.5 Å². The minimum Gasteiger partial charge on any atom is -0.486 e. The third-order valence-corrected chi connectivity index (χ3v) is 6.31. The third-order valence-electron chi connectivity index (χ3n) is 5.07. The summed E-state index contributed by atoms with van der Waals surface area (Å²) in [5.74, 6) is 1.06. The predicted octanol–water partition coefficient (Wildman–Crippen LogP) is 7.04. The number of halogens is 3. The van der Waals surface area contributed by atoms with Crippen LogP contribution in [-0.4, -0.2) is 15.7 Å². The van der Waals surface area contributed by atoms with Crippen LogP contribution in [0.15, 0.2) is 63.5 Å². The molecule has 0 aliphatic rings. The lowest BCUT2D eigenvalue weighted by atomic mass is 10.2. The maximum absolute atomic E-state index is 12.8. The van der Waals surface area contributed by atoms with E-state index >= 15 is 0 Å². The Bertz CT molecular complexity index is 1280. The first-order chi connectivity index (χ1) is 15.8. The second kappa shape index (κ2) is 10.0. The molecule has 170 valence electrons. The number of nitrogens with one attached hydrogen (secondary N) is 1. The van der Waals surface area contributed by atoms with Gasteiger partial charge < -0.3 is 14.5 Å². The average Bonchev–Trinajstić information content (AvgIpc) is 3.36. The number of hydrogen-bond acceptors (Lipinski definition) is 4. The monoisotopic (exact) mass is 547 g/mol. The molecule has 0 aliphatic heterocycles.